The van der Waals surface area contributed by atoms with Crippen LogP contribution in [0.3, 0.4) is 0 Å². The molecule has 0 unspecified atom stereocenters. The van der Waals surface area contributed by atoms with Crippen LogP contribution < -0.4 is 15.9 Å². The lowest BCUT2D eigenvalue weighted by Crippen LogP contribution is -2.31. The van der Waals surface area contributed by atoms with E-state index in [1.807, 2.05) is 0 Å². The van der Waals surface area contributed by atoms with Crippen molar-refractivity contribution in [1.82, 2.24) is 14.5 Å². The van der Waals surface area contributed by atoms with Crippen LogP contribution in [0.4, 0.5) is 26.3 Å². The Balaban J connectivity index is 2.24. The van der Waals surface area contributed by atoms with Crippen LogP contribution in [0.15, 0.2) is 34.1 Å². The Morgan fingerprint density at radius 1 is 1.14 bits per heavy atom. The molecule has 0 radical (unpaired) electrons. The van der Waals surface area contributed by atoms with Crippen LogP contribution in [-0.2, 0) is 12.5 Å². The van der Waals surface area contributed by atoms with Gasteiger partial charge in [0.1, 0.15) is 5.75 Å². The molecule has 1 N–H and O–H groups in total. The predicted molar refractivity (Wildman–Crippen MR) is 120 cm³/mol. The van der Waals surface area contributed by atoms with Crippen molar-refractivity contribution in [3.8, 4) is 17.6 Å². The molecule has 3 aromatic rings. The maximum absolute atomic E-state index is 14.7. The van der Waals surface area contributed by atoms with Gasteiger partial charge in [-0.15, -0.1) is 0 Å². The second-order valence-corrected chi connectivity index (χ2v) is 8.30. The number of alkyl halides is 6. The smallest absolute Gasteiger partial charge is 0.299 e. The molecule has 3 rings (SSSR count). The van der Waals surface area contributed by atoms with Gasteiger partial charge < -0.3 is 9.72 Å². The van der Waals surface area contributed by atoms with Gasteiger partial charge in [0.15, 0.2) is 5.69 Å². The van der Waals surface area contributed by atoms with E-state index in [0.29, 0.717) is 17.6 Å². The van der Waals surface area contributed by atoms with Crippen LogP contribution in [0.5, 0.6) is 11.5 Å². The normalized spacial score (nSPS) is 11.7. The van der Waals surface area contributed by atoms with Gasteiger partial charge in [0.25, 0.3) is 23.5 Å². The van der Waals surface area contributed by atoms with E-state index in [-0.39, 0.29) is 16.7 Å². The lowest BCUT2D eigenvalue weighted by atomic mass is 10.0. The number of ether oxygens (including phenoxy) is 1. The molecule has 0 fully saturated rings. The Hall–Kier alpha value is -4.08. The van der Waals surface area contributed by atoms with Crippen molar-refractivity contribution >= 4 is 0 Å². The molecule has 0 saturated carbocycles. The Bertz CT molecular complexity index is 1490. The van der Waals surface area contributed by atoms with Crippen molar-refractivity contribution in [2.45, 2.75) is 52.5 Å². The monoisotopic (exact) mass is 526 g/mol. The third-order valence-electron chi connectivity index (χ3n) is 5.54. The van der Waals surface area contributed by atoms with E-state index in [1.54, 1.807) is 26.0 Å². The van der Waals surface area contributed by atoms with E-state index < -0.39 is 65.6 Å². The van der Waals surface area contributed by atoms with E-state index in [1.165, 1.54) is 6.92 Å². The van der Waals surface area contributed by atoms with Crippen LogP contribution in [0.25, 0.3) is 0 Å². The highest BCUT2D eigenvalue weighted by molar-refractivity contribution is 5.51. The van der Waals surface area contributed by atoms with Gasteiger partial charge in [0.2, 0.25) is 12.2 Å². The largest absolute Gasteiger partial charge is 0.449 e. The molecule has 0 bridgehead atoms. The molecule has 0 aliphatic heterocycles. The molecule has 7 nitrogen and oxygen atoms in total. The van der Waals surface area contributed by atoms with Crippen LogP contribution in [0, 0.1) is 32.1 Å². The van der Waals surface area contributed by atoms with E-state index in [4.69, 9.17) is 4.74 Å². The average molecular weight is 526 g/mol. The van der Waals surface area contributed by atoms with Crippen LogP contribution in [0.1, 0.15) is 52.1 Å². The number of benzene rings is 1. The zero-order chi connectivity index (χ0) is 27.7. The molecule has 0 saturated heterocycles. The number of H-pyrrole nitrogens is 1. The molecule has 0 aliphatic rings. The zero-order valence-electron chi connectivity index (χ0n) is 19.7. The summed E-state index contributed by atoms with van der Waals surface area (Å²) in [5, 5.41) is 9.27. The summed E-state index contributed by atoms with van der Waals surface area (Å²) < 4.78 is 88.0. The number of pyridine rings is 1. The van der Waals surface area contributed by atoms with E-state index in [9.17, 15) is 41.2 Å². The first-order valence-corrected chi connectivity index (χ1v) is 10.7. The second kappa shape index (κ2) is 10.5. The minimum atomic E-state index is -4.34. The number of hydrogen-bond acceptors (Lipinski definition) is 5. The molecular formula is C24H20F6N4O3. The molecule has 37 heavy (non-hydrogen) atoms. The SMILES string of the molecule is Cc1cc(C)c(Cn2cnc(C(F)(F)CC(F)F)c(Oc3cc(C(F)F)cc(C#N)c3C)c2=O)c(=O)[nH]1. The summed E-state index contributed by atoms with van der Waals surface area (Å²) in [5.74, 6) is -6.08. The van der Waals surface area contributed by atoms with E-state index >= 15 is 0 Å². The molecule has 0 aliphatic carbocycles. The molecule has 0 spiro atoms. The van der Waals surface area contributed by atoms with Crippen LogP contribution >= 0.6 is 0 Å². The lowest BCUT2D eigenvalue weighted by molar-refractivity contribution is -0.0643. The number of rotatable bonds is 8. The standard InChI is InChI=1S/C24H20F6N4O3/c1-11-4-12(2)33-22(35)16(11)9-34-10-32-20(24(29,30)7-18(25)26)19(23(34)36)37-17-6-14(21(27)28)5-15(8-31)13(17)3/h4-6,10,18,21H,7,9H2,1-3H3,(H,33,35). The highest BCUT2D eigenvalue weighted by Crippen LogP contribution is 2.39. The van der Waals surface area contributed by atoms with Crippen molar-refractivity contribution in [3.63, 3.8) is 0 Å². The Morgan fingerprint density at radius 2 is 1.81 bits per heavy atom. The van der Waals surface area contributed by atoms with Gasteiger partial charge >= 0.3 is 0 Å². The van der Waals surface area contributed by atoms with Crippen molar-refractivity contribution in [2.24, 2.45) is 0 Å². The maximum Gasteiger partial charge on any atom is 0.299 e. The van der Waals surface area contributed by atoms with Gasteiger partial charge in [0.05, 0.1) is 30.9 Å². The first-order chi connectivity index (χ1) is 17.2. The van der Waals surface area contributed by atoms with E-state index in [0.717, 1.165) is 16.7 Å². The fourth-order valence-electron chi connectivity index (χ4n) is 3.64. The summed E-state index contributed by atoms with van der Waals surface area (Å²) in [5.41, 5.74) is -3.21. The van der Waals surface area contributed by atoms with Crippen molar-refractivity contribution < 1.29 is 31.1 Å². The summed E-state index contributed by atoms with van der Waals surface area (Å²) in [4.78, 5) is 31.7. The topological polar surface area (TPSA) is 101 Å². The summed E-state index contributed by atoms with van der Waals surface area (Å²) in [7, 11) is 0. The molecule has 2 heterocycles. The third-order valence-corrected chi connectivity index (χ3v) is 5.54. The van der Waals surface area contributed by atoms with Gasteiger partial charge in [-0.2, -0.15) is 14.0 Å². The van der Waals surface area contributed by atoms with Gasteiger partial charge in [-0.1, -0.05) is 0 Å². The van der Waals surface area contributed by atoms with Crippen molar-refractivity contribution in [2.75, 3.05) is 0 Å². The number of aromatic nitrogens is 3. The Morgan fingerprint density at radius 3 is 2.38 bits per heavy atom. The summed E-state index contributed by atoms with van der Waals surface area (Å²) in [6.07, 6.45) is -7.88. The lowest BCUT2D eigenvalue weighted by Gasteiger charge is -2.20. The minimum absolute atomic E-state index is 0.0596. The molecule has 13 heteroatoms. The number of aryl methyl sites for hydroxylation is 2. The average Bonchev–Trinajstić information content (AvgIpc) is 2.78. The van der Waals surface area contributed by atoms with Gasteiger partial charge in [-0.05, 0) is 44.5 Å². The molecular weight excluding hydrogens is 506 g/mol. The minimum Gasteiger partial charge on any atom is -0.449 e. The maximum atomic E-state index is 14.7. The highest BCUT2D eigenvalue weighted by atomic mass is 19.3. The van der Waals surface area contributed by atoms with Gasteiger partial charge in [0, 0.05) is 22.4 Å². The second-order valence-electron chi connectivity index (χ2n) is 8.30. The number of hydrogen-bond donors (Lipinski definition) is 1. The van der Waals surface area contributed by atoms with E-state index in [2.05, 4.69) is 9.97 Å². The first-order valence-electron chi connectivity index (χ1n) is 10.7. The molecule has 2 aromatic heterocycles. The summed E-state index contributed by atoms with van der Waals surface area (Å²) >= 11 is 0. The number of aromatic amines is 1. The summed E-state index contributed by atoms with van der Waals surface area (Å²) in [6.45, 7) is 4.04. The first kappa shape index (κ1) is 27.5. The molecule has 0 atom stereocenters. The quantitative estimate of drug-likeness (QED) is 0.404. The number of nitrogens with one attached hydrogen (secondary N) is 1. The van der Waals surface area contributed by atoms with Crippen LogP contribution in [-0.4, -0.2) is 21.0 Å². The molecule has 196 valence electrons. The highest BCUT2D eigenvalue weighted by Gasteiger charge is 2.41. The van der Waals surface area contributed by atoms with Gasteiger partial charge in [-0.3, -0.25) is 14.2 Å². The summed E-state index contributed by atoms with van der Waals surface area (Å²) in [6, 6.07) is 4.90. The van der Waals surface area contributed by atoms with Crippen LogP contribution in [0.2, 0.25) is 0 Å². The van der Waals surface area contributed by atoms with Gasteiger partial charge in [-0.25, -0.2) is 22.5 Å². The zero-order valence-corrected chi connectivity index (χ0v) is 19.7. The number of nitriles is 1. The van der Waals surface area contributed by atoms with Crippen molar-refractivity contribution in [3.05, 3.63) is 84.4 Å². The Kier molecular flexibility index (Phi) is 7.80. The fraction of sp³-hybridized carbons (Fsp3) is 0.333. The molecule has 1 aromatic carbocycles. The fourth-order valence-corrected chi connectivity index (χ4v) is 3.64. The number of halogens is 6. The predicted octanol–water partition coefficient (Wildman–Crippen LogP) is 5.25. The Labute approximate surface area is 206 Å². The van der Waals surface area contributed by atoms with Crippen molar-refractivity contribution in [1.29, 1.82) is 5.26 Å². The number of nitrogens with zero attached hydrogens (tertiary/aromatic N) is 3. The molecule has 0 amide bonds. The third kappa shape index (κ3) is 5.84.